The van der Waals surface area contributed by atoms with Crippen LogP contribution in [0.3, 0.4) is 0 Å². The number of hydrogen-bond donors (Lipinski definition) is 4. The van der Waals surface area contributed by atoms with Crippen LogP contribution in [-0.2, 0) is 35.7 Å². The Labute approximate surface area is 364 Å². The molecule has 4 aliphatic heterocycles. The molecule has 5 N–H and O–H groups in total. The van der Waals surface area contributed by atoms with Gasteiger partial charge in [0.05, 0.1) is 46.6 Å². The second-order valence-corrected chi connectivity index (χ2v) is 18.5. The smallest absolute Gasteiger partial charge is 0.258 e. The molecule has 16 nitrogen and oxygen atoms in total. The average molecular weight is 863 g/mol. The fraction of sp³-hybridized carbons (Fsp3) is 0.467. The zero-order chi connectivity index (χ0) is 43.1. The van der Waals surface area contributed by atoms with Gasteiger partial charge in [-0.2, -0.15) is 0 Å². The van der Waals surface area contributed by atoms with Gasteiger partial charge in [0.25, 0.3) is 5.91 Å². The predicted octanol–water partition coefficient (Wildman–Crippen LogP) is 4.32. The molecule has 0 radical (unpaired) electrons. The number of nitrogen functional groups attached to an aromatic ring is 1. The number of carbonyl (C=O) groups is 2. The lowest BCUT2D eigenvalue weighted by atomic mass is 9.87. The van der Waals surface area contributed by atoms with Crippen molar-refractivity contribution in [2.45, 2.75) is 70.8 Å². The monoisotopic (exact) mass is 862 g/mol. The van der Waals surface area contributed by atoms with Crippen LogP contribution in [0.2, 0.25) is 0 Å². The van der Waals surface area contributed by atoms with Gasteiger partial charge in [-0.15, -0.1) is 11.3 Å². The van der Waals surface area contributed by atoms with Crippen LogP contribution in [0.25, 0.3) is 21.6 Å². The molecule has 3 saturated heterocycles. The third kappa shape index (κ3) is 8.90. The molecule has 0 saturated carbocycles. The first kappa shape index (κ1) is 41.9. The Balaban J connectivity index is 0.758. The van der Waals surface area contributed by atoms with Crippen molar-refractivity contribution >= 4 is 45.1 Å². The minimum absolute atomic E-state index is 0.000750. The van der Waals surface area contributed by atoms with E-state index >= 15 is 0 Å². The van der Waals surface area contributed by atoms with E-state index in [-0.39, 0.29) is 47.2 Å². The minimum atomic E-state index is -1.04. The number of thiophene rings is 1. The van der Waals surface area contributed by atoms with E-state index in [0.717, 1.165) is 65.4 Å². The van der Waals surface area contributed by atoms with Crippen LogP contribution in [0.15, 0.2) is 48.8 Å². The third-order valence-corrected chi connectivity index (χ3v) is 13.8. The maximum absolute atomic E-state index is 13.6. The Morgan fingerprint density at radius 1 is 0.839 bits per heavy atom. The summed E-state index contributed by atoms with van der Waals surface area (Å²) in [7, 11) is 0. The molecule has 4 aliphatic rings. The number of aromatic nitrogens is 4. The topological polar surface area (TPSA) is 198 Å². The molecule has 7 heterocycles. The van der Waals surface area contributed by atoms with Gasteiger partial charge in [-0.05, 0) is 53.1 Å². The summed E-state index contributed by atoms with van der Waals surface area (Å²) >= 11 is 1.71. The quantitative estimate of drug-likeness (QED) is 0.155. The van der Waals surface area contributed by atoms with Gasteiger partial charge in [0.15, 0.2) is 11.6 Å². The summed E-state index contributed by atoms with van der Waals surface area (Å²) in [5.41, 5.74) is 10.4. The van der Waals surface area contributed by atoms with E-state index in [0.29, 0.717) is 88.8 Å². The molecule has 3 aromatic heterocycles. The van der Waals surface area contributed by atoms with E-state index < -0.39 is 5.60 Å². The van der Waals surface area contributed by atoms with Crippen LogP contribution in [0, 0.1) is 0 Å². The standard InChI is InChI=1S/C45H54N10O6S/c1-28(2)34-19-35(38(57)20-37(34)56)43(59)55-25-30-4-3-29(17-31(30)26-55)24-51-7-5-45(60,6-8-51)21-39(58)53-11-9-52(10-12-53)27-33-18-36-40(62-33)42(54-13-15-61-16-14-54)50-41(49-36)32-22-47-44(46)48-23-32/h3-4,17-20,22-23,28,56-57,60H,5-16,21,24-27H2,1-2H3,(H2,46,47,48). The molecule has 2 amide bonds. The normalized spacial score (nSPS) is 18.5. The van der Waals surface area contributed by atoms with E-state index in [1.165, 1.54) is 10.9 Å². The second kappa shape index (κ2) is 17.4. The molecule has 62 heavy (non-hydrogen) atoms. The van der Waals surface area contributed by atoms with Gasteiger partial charge in [0.1, 0.15) is 11.5 Å². The van der Waals surface area contributed by atoms with Crippen molar-refractivity contribution in [3.05, 3.63) is 81.5 Å². The molecule has 326 valence electrons. The highest BCUT2D eigenvalue weighted by Gasteiger charge is 2.37. The number of rotatable bonds is 10. The van der Waals surface area contributed by atoms with Gasteiger partial charge in [-0.3, -0.25) is 19.4 Å². The first-order valence-corrected chi connectivity index (χ1v) is 22.3. The predicted molar refractivity (Wildman–Crippen MR) is 236 cm³/mol. The van der Waals surface area contributed by atoms with Crippen LogP contribution in [-0.4, -0.2) is 138 Å². The Morgan fingerprint density at radius 3 is 2.27 bits per heavy atom. The maximum atomic E-state index is 13.6. The molecule has 9 rings (SSSR count). The van der Waals surface area contributed by atoms with E-state index in [9.17, 15) is 24.9 Å². The number of anilines is 2. The van der Waals surface area contributed by atoms with Gasteiger partial charge in [-0.25, -0.2) is 19.9 Å². The van der Waals surface area contributed by atoms with Gasteiger partial charge in [0, 0.05) is 102 Å². The molecule has 5 aromatic rings. The van der Waals surface area contributed by atoms with Gasteiger partial charge in [-0.1, -0.05) is 32.0 Å². The molecule has 0 atom stereocenters. The molecule has 0 spiro atoms. The molecule has 0 bridgehead atoms. The number of morpholine rings is 1. The lowest BCUT2D eigenvalue weighted by Gasteiger charge is -2.40. The van der Waals surface area contributed by atoms with Crippen LogP contribution < -0.4 is 10.6 Å². The summed E-state index contributed by atoms with van der Waals surface area (Å²) in [6.45, 7) is 13.1. The van der Waals surface area contributed by atoms with E-state index in [1.54, 1.807) is 34.7 Å². The summed E-state index contributed by atoms with van der Waals surface area (Å²) in [5.74, 6) is 1.15. The largest absolute Gasteiger partial charge is 0.508 e. The number of ether oxygens (including phenoxy) is 1. The Hall–Kier alpha value is -5.46. The Kier molecular flexibility index (Phi) is 11.7. The number of aromatic hydroxyl groups is 2. The number of carbonyl (C=O) groups excluding carboxylic acids is 2. The van der Waals surface area contributed by atoms with Crippen LogP contribution in [0.1, 0.15) is 76.5 Å². The fourth-order valence-electron chi connectivity index (χ4n) is 9.03. The number of phenols is 2. The lowest BCUT2D eigenvalue weighted by molar-refractivity contribution is -0.140. The van der Waals surface area contributed by atoms with E-state index in [1.807, 2.05) is 18.7 Å². The number of amides is 2. The zero-order valence-electron chi connectivity index (χ0n) is 35.3. The van der Waals surface area contributed by atoms with Crippen molar-refractivity contribution in [2.24, 2.45) is 0 Å². The number of hydrogen-bond acceptors (Lipinski definition) is 15. The fourth-order valence-corrected chi connectivity index (χ4v) is 10.2. The number of phenolic OH excluding ortho intramolecular Hbond substituents is 2. The van der Waals surface area contributed by atoms with Crippen molar-refractivity contribution in [3.8, 4) is 22.9 Å². The van der Waals surface area contributed by atoms with Gasteiger partial charge < -0.3 is 40.5 Å². The molecule has 17 heteroatoms. The van der Waals surface area contributed by atoms with Crippen molar-refractivity contribution in [1.29, 1.82) is 0 Å². The van der Waals surface area contributed by atoms with Crippen LogP contribution in [0.5, 0.6) is 11.5 Å². The van der Waals surface area contributed by atoms with E-state index in [4.69, 9.17) is 20.4 Å². The van der Waals surface area contributed by atoms with E-state index in [2.05, 4.69) is 48.9 Å². The van der Waals surface area contributed by atoms with Crippen molar-refractivity contribution in [2.75, 3.05) is 76.2 Å². The molecule has 0 aliphatic carbocycles. The highest BCUT2D eigenvalue weighted by molar-refractivity contribution is 7.19. The number of nitrogens with zero attached hydrogens (tertiary/aromatic N) is 9. The maximum Gasteiger partial charge on any atom is 0.258 e. The highest BCUT2D eigenvalue weighted by atomic mass is 32.1. The second-order valence-electron chi connectivity index (χ2n) is 17.4. The van der Waals surface area contributed by atoms with Gasteiger partial charge >= 0.3 is 0 Å². The number of aliphatic hydroxyl groups is 1. The Bertz CT molecular complexity index is 2460. The van der Waals surface area contributed by atoms with Crippen molar-refractivity contribution in [3.63, 3.8) is 0 Å². The molecule has 2 aromatic carbocycles. The summed E-state index contributed by atoms with van der Waals surface area (Å²) in [4.78, 5) is 57.0. The number of piperazine rings is 1. The van der Waals surface area contributed by atoms with Crippen molar-refractivity contribution in [1.82, 2.24) is 39.5 Å². The number of piperidine rings is 1. The third-order valence-electron chi connectivity index (χ3n) is 12.7. The highest BCUT2D eigenvalue weighted by Crippen LogP contribution is 2.37. The number of fused-ring (bicyclic) bond motifs is 2. The number of likely N-dealkylation sites (tertiary alicyclic amines) is 1. The first-order chi connectivity index (χ1) is 29.9. The summed E-state index contributed by atoms with van der Waals surface area (Å²) in [6.07, 6.45) is 4.47. The molecular formula is C45H54N10O6S. The van der Waals surface area contributed by atoms with Gasteiger partial charge in [0.2, 0.25) is 11.9 Å². The minimum Gasteiger partial charge on any atom is -0.508 e. The molecule has 3 fully saturated rings. The summed E-state index contributed by atoms with van der Waals surface area (Å²) in [6, 6.07) is 11.3. The average Bonchev–Trinajstić information content (AvgIpc) is 3.88. The Morgan fingerprint density at radius 2 is 1.55 bits per heavy atom. The summed E-state index contributed by atoms with van der Waals surface area (Å²) < 4.78 is 6.66. The lowest BCUT2D eigenvalue weighted by Crippen LogP contribution is -2.51. The van der Waals surface area contributed by atoms with Crippen molar-refractivity contribution < 1.29 is 29.6 Å². The first-order valence-electron chi connectivity index (χ1n) is 21.5. The summed E-state index contributed by atoms with van der Waals surface area (Å²) in [5, 5.41) is 32.4. The molecular weight excluding hydrogens is 809 g/mol. The number of nitrogens with two attached hydrogens (primary N) is 1. The SMILES string of the molecule is CC(C)c1cc(C(=O)N2Cc3ccc(CN4CCC(O)(CC(=O)N5CCN(Cc6cc7nc(-c8cnc(N)nc8)nc(N8CCOCC8)c7s6)CC5)CC4)cc3C2)c(O)cc1O. The number of benzene rings is 2. The molecule has 0 unspecified atom stereocenters. The van der Waals surface area contributed by atoms with Crippen LogP contribution >= 0.6 is 11.3 Å². The van der Waals surface area contributed by atoms with Crippen LogP contribution in [0.4, 0.5) is 11.8 Å². The zero-order valence-corrected chi connectivity index (χ0v) is 36.1.